The van der Waals surface area contributed by atoms with E-state index < -0.39 is 15.3 Å². The van der Waals surface area contributed by atoms with Gasteiger partial charge >= 0.3 is 0 Å². The number of aryl methyl sites for hydroxylation is 2. The van der Waals surface area contributed by atoms with Gasteiger partial charge in [-0.3, -0.25) is 14.5 Å². The zero-order valence-corrected chi connectivity index (χ0v) is 19.3. The Morgan fingerprint density at radius 3 is 2.32 bits per heavy atom. The van der Waals surface area contributed by atoms with Crippen molar-refractivity contribution >= 4 is 44.5 Å². The smallest absolute Gasteiger partial charge is 0.284 e. The number of carbonyl (C=O) groups excluding carboxylic acids is 2. The average Bonchev–Trinajstić information content (AvgIpc) is 3.02. The fourth-order valence-electron chi connectivity index (χ4n) is 3.07. The van der Waals surface area contributed by atoms with Crippen molar-refractivity contribution in [2.24, 2.45) is 4.40 Å². The summed E-state index contributed by atoms with van der Waals surface area (Å²) < 4.78 is 29.4. The Bertz CT molecular complexity index is 1090. The van der Waals surface area contributed by atoms with E-state index in [2.05, 4.69) is 9.71 Å². The fourth-order valence-corrected chi connectivity index (χ4v) is 5.49. The average molecular weight is 460 g/mol. The Kier molecular flexibility index (Phi) is 7.17. The number of sulfonamides is 1. The van der Waals surface area contributed by atoms with E-state index in [1.54, 1.807) is 31.2 Å². The van der Waals surface area contributed by atoms with Crippen LogP contribution in [-0.2, 0) is 26.0 Å². The molecule has 31 heavy (non-hydrogen) atoms. The summed E-state index contributed by atoms with van der Waals surface area (Å²) in [6, 6.07) is 13.9. The lowest BCUT2D eigenvalue weighted by molar-refractivity contribution is -0.128. The molecular formula is C22H25N3O4S2. The van der Waals surface area contributed by atoms with Crippen molar-refractivity contribution in [2.75, 3.05) is 11.9 Å². The summed E-state index contributed by atoms with van der Waals surface area (Å²) in [7, 11) is -3.97. The van der Waals surface area contributed by atoms with Crippen LogP contribution in [0.3, 0.4) is 0 Å². The molecule has 1 aliphatic heterocycles. The lowest BCUT2D eigenvalue weighted by atomic mass is 10.2. The minimum atomic E-state index is -3.97. The van der Waals surface area contributed by atoms with E-state index in [0.717, 1.165) is 29.3 Å². The highest BCUT2D eigenvalue weighted by Gasteiger charge is 2.39. The summed E-state index contributed by atoms with van der Waals surface area (Å²) in [5.74, 6) is -0.633. The standard InChI is InChI=1S/C22H25N3O4S2/c1-4-16-8-12-18(13-9-16)31(28,29)24-22-25(5-2)21(27)19(30-22)14-20(26)23-17-10-6-15(3)7-11-17/h6-13,19H,4-5,14H2,1-3H3,(H,23,26)/b24-22+. The number of amidine groups is 1. The minimum Gasteiger partial charge on any atom is -0.326 e. The number of carbonyl (C=O) groups is 2. The normalized spacial score (nSPS) is 17.9. The van der Waals surface area contributed by atoms with Gasteiger partial charge in [-0.15, -0.1) is 4.40 Å². The lowest BCUT2D eigenvalue weighted by Gasteiger charge is -2.13. The molecule has 0 bridgehead atoms. The highest BCUT2D eigenvalue weighted by Crippen LogP contribution is 2.31. The number of thioether (sulfide) groups is 1. The topological polar surface area (TPSA) is 95.9 Å². The third-order valence-electron chi connectivity index (χ3n) is 4.87. The van der Waals surface area contributed by atoms with Crippen molar-refractivity contribution < 1.29 is 18.0 Å². The van der Waals surface area contributed by atoms with Crippen LogP contribution in [-0.4, -0.2) is 42.1 Å². The van der Waals surface area contributed by atoms with E-state index in [1.165, 1.54) is 17.0 Å². The van der Waals surface area contributed by atoms with Gasteiger partial charge in [0.25, 0.3) is 10.0 Å². The van der Waals surface area contributed by atoms with Gasteiger partial charge in [-0.25, -0.2) is 0 Å². The molecule has 0 spiro atoms. The molecule has 164 valence electrons. The highest BCUT2D eigenvalue weighted by atomic mass is 32.2. The summed E-state index contributed by atoms with van der Waals surface area (Å²) >= 11 is 1.01. The molecule has 0 aromatic heterocycles. The molecule has 2 amide bonds. The second kappa shape index (κ2) is 9.65. The predicted octanol–water partition coefficient (Wildman–Crippen LogP) is 3.59. The maximum atomic E-state index is 12.7. The van der Waals surface area contributed by atoms with Crippen LogP contribution in [0.15, 0.2) is 57.8 Å². The molecule has 2 aromatic carbocycles. The summed E-state index contributed by atoms with van der Waals surface area (Å²) in [5, 5.41) is 2.14. The third kappa shape index (κ3) is 5.54. The molecule has 1 heterocycles. The molecular weight excluding hydrogens is 434 g/mol. The monoisotopic (exact) mass is 459 g/mol. The van der Waals surface area contributed by atoms with Gasteiger partial charge in [0.1, 0.15) is 5.25 Å². The number of nitrogens with one attached hydrogen (secondary N) is 1. The van der Waals surface area contributed by atoms with Crippen molar-refractivity contribution in [1.29, 1.82) is 0 Å². The molecule has 1 aliphatic rings. The van der Waals surface area contributed by atoms with Gasteiger partial charge in [-0.2, -0.15) is 8.42 Å². The molecule has 0 radical (unpaired) electrons. The van der Waals surface area contributed by atoms with Crippen LogP contribution in [0.4, 0.5) is 5.69 Å². The second-order valence-corrected chi connectivity index (χ2v) is 9.93. The van der Waals surface area contributed by atoms with Crippen molar-refractivity contribution in [3.8, 4) is 0 Å². The van der Waals surface area contributed by atoms with Gasteiger partial charge < -0.3 is 5.32 Å². The van der Waals surface area contributed by atoms with Crippen LogP contribution in [0.25, 0.3) is 0 Å². The van der Waals surface area contributed by atoms with Gasteiger partial charge in [0.05, 0.1) is 4.90 Å². The number of amides is 2. The molecule has 9 heteroatoms. The molecule has 1 atom stereocenters. The van der Waals surface area contributed by atoms with Crippen LogP contribution >= 0.6 is 11.8 Å². The van der Waals surface area contributed by atoms with E-state index in [1.807, 2.05) is 26.0 Å². The van der Waals surface area contributed by atoms with Gasteiger partial charge in [-0.1, -0.05) is 48.5 Å². The van der Waals surface area contributed by atoms with Crippen LogP contribution in [0.5, 0.6) is 0 Å². The third-order valence-corrected chi connectivity index (χ3v) is 7.44. The maximum Gasteiger partial charge on any atom is 0.284 e. The molecule has 3 rings (SSSR count). The van der Waals surface area contributed by atoms with Crippen molar-refractivity contribution in [3.63, 3.8) is 0 Å². The SMILES string of the molecule is CCc1ccc(S(=O)(=O)/N=C2/SC(CC(=O)Nc3ccc(C)cc3)C(=O)N2CC)cc1. The zero-order valence-electron chi connectivity index (χ0n) is 17.7. The van der Waals surface area contributed by atoms with Crippen LogP contribution in [0.2, 0.25) is 0 Å². The predicted molar refractivity (Wildman–Crippen MR) is 124 cm³/mol. The Morgan fingerprint density at radius 2 is 1.74 bits per heavy atom. The van der Waals surface area contributed by atoms with E-state index >= 15 is 0 Å². The number of benzene rings is 2. The second-order valence-electron chi connectivity index (χ2n) is 7.15. The van der Waals surface area contributed by atoms with Gasteiger partial charge in [0.2, 0.25) is 11.8 Å². The van der Waals surface area contributed by atoms with E-state index in [0.29, 0.717) is 5.69 Å². The van der Waals surface area contributed by atoms with Crippen LogP contribution in [0.1, 0.15) is 31.4 Å². The minimum absolute atomic E-state index is 0.0712. The first-order valence-electron chi connectivity index (χ1n) is 10.0. The molecule has 2 aromatic rings. The molecule has 1 fully saturated rings. The summed E-state index contributed by atoms with van der Waals surface area (Å²) in [6.45, 7) is 5.95. The maximum absolute atomic E-state index is 12.7. The Hall–Kier alpha value is -2.65. The summed E-state index contributed by atoms with van der Waals surface area (Å²) in [6.07, 6.45) is 0.729. The highest BCUT2D eigenvalue weighted by molar-refractivity contribution is 8.16. The van der Waals surface area contributed by atoms with E-state index in [-0.39, 0.29) is 34.8 Å². The van der Waals surface area contributed by atoms with Crippen LogP contribution in [0, 0.1) is 6.92 Å². The lowest BCUT2D eigenvalue weighted by Crippen LogP contribution is -2.33. The fraction of sp³-hybridized carbons (Fsp3) is 0.318. The van der Waals surface area contributed by atoms with Crippen LogP contribution < -0.4 is 5.32 Å². The van der Waals surface area contributed by atoms with E-state index in [4.69, 9.17) is 0 Å². The van der Waals surface area contributed by atoms with Gasteiger partial charge in [0, 0.05) is 18.7 Å². The summed E-state index contributed by atoms with van der Waals surface area (Å²) in [4.78, 5) is 26.5. The number of hydrogen-bond donors (Lipinski definition) is 1. The Labute approximate surface area is 187 Å². The molecule has 1 saturated heterocycles. The summed E-state index contributed by atoms with van der Waals surface area (Å²) in [5.41, 5.74) is 2.74. The number of hydrogen-bond acceptors (Lipinski definition) is 5. The first kappa shape index (κ1) is 23.0. The van der Waals surface area contributed by atoms with Crippen molar-refractivity contribution in [1.82, 2.24) is 4.90 Å². The van der Waals surface area contributed by atoms with Crippen molar-refractivity contribution in [2.45, 2.75) is 43.8 Å². The van der Waals surface area contributed by atoms with Crippen molar-refractivity contribution in [3.05, 3.63) is 59.7 Å². The Balaban J connectivity index is 1.75. The molecule has 7 nitrogen and oxygen atoms in total. The quantitative estimate of drug-likeness (QED) is 0.683. The first-order valence-corrected chi connectivity index (χ1v) is 12.3. The number of anilines is 1. The molecule has 1 N–H and O–H groups in total. The molecule has 1 unspecified atom stereocenters. The zero-order chi connectivity index (χ0) is 22.6. The Morgan fingerprint density at radius 1 is 1.10 bits per heavy atom. The first-order chi connectivity index (χ1) is 14.7. The van der Waals surface area contributed by atoms with E-state index in [9.17, 15) is 18.0 Å². The van der Waals surface area contributed by atoms with Gasteiger partial charge in [-0.05, 0) is 50.1 Å². The largest absolute Gasteiger partial charge is 0.326 e. The number of nitrogens with zero attached hydrogens (tertiary/aromatic N) is 2. The molecule has 0 saturated carbocycles. The number of rotatable bonds is 7. The van der Waals surface area contributed by atoms with Gasteiger partial charge in [0.15, 0.2) is 5.17 Å². The molecule has 0 aliphatic carbocycles.